The molecular weight excluding hydrogens is 228 g/mol. The van der Waals surface area contributed by atoms with Gasteiger partial charge in [-0.2, -0.15) is 9.61 Å². The summed E-state index contributed by atoms with van der Waals surface area (Å²) in [7, 11) is 0. The molecule has 2 aromatic heterocycles. The second-order valence-corrected chi connectivity index (χ2v) is 4.69. The maximum Gasteiger partial charge on any atom is 0.220 e. The van der Waals surface area contributed by atoms with Crippen molar-refractivity contribution in [3.8, 4) is 0 Å². The highest BCUT2D eigenvalue weighted by Gasteiger charge is 2.15. The average molecular weight is 248 g/mol. The first-order valence-electron chi connectivity index (χ1n) is 6.55. The van der Waals surface area contributed by atoms with Crippen molar-refractivity contribution in [2.24, 2.45) is 0 Å². The fourth-order valence-corrected chi connectivity index (χ4v) is 2.08. The predicted octanol–water partition coefficient (Wildman–Crippen LogP) is 2.18. The quantitative estimate of drug-likeness (QED) is 0.792. The average Bonchev–Trinajstić information content (AvgIpc) is 2.80. The normalized spacial score (nSPS) is 13.0. The maximum atomic E-state index is 5.73. The summed E-state index contributed by atoms with van der Waals surface area (Å²) in [5.74, 6) is 1.59. The third-order valence-electron chi connectivity index (χ3n) is 3.19. The second-order valence-electron chi connectivity index (χ2n) is 4.69. The minimum atomic E-state index is 0.339. The van der Waals surface area contributed by atoms with Gasteiger partial charge >= 0.3 is 0 Å². The number of rotatable bonds is 6. The fourth-order valence-electron chi connectivity index (χ4n) is 2.08. The van der Waals surface area contributed by atoms with Crippen molar-refractivity contribution in [2.45, 2.75) is 51.9 Å². The number of aromatic nitrogens is 5. The minimum Gasteiger partial charge on any atom is -0.380 e. The molecular formula is C12H20N6. The molecule has 1 unspecified atom stereocenters. The molecule has 0 fully saturated rings. The first-order chi connectivity index (χ1) is 8.74. The Labute approximate surface area is 107 Å². The van der Waals surface area contributed by atoms with Gasteiger partial charge in [-0.05, 0) is 6.42 Å². The van der Waals surface area contributed by atoms with Crippen molar-refractivity contribution in [1.82, 2.24) is 24.8 Å². The molecule has 0 amide bonds. The van der Waals surface area contributed by atoms with Crippen LogP contribution in [0.3, 0.4) is 0 Å². The second kappa shape index (κ2) is 5.75. The van der Waals surface area contributed by atoms with Crippen molar-refractivity contribution < 1.29 is 0 Å². The van der Waals surface area contributed by atoms with E-state index in [1.165, 1.54) is 32.0 Å². The summed E-state index contributed by atoms with van der Waals surface area (Å²) >= 11 is 0. The molecule has 2 heterocycles. The number of nitrogen functional groups attached to an aromatic ring is 1. The van der Waals surface area contributed by atoms with E-state index in [1.807, 2.05) is 0 Å². The molecule has 0 aromatic carbocycles. The van der Waals surface area contributed by atoms with E-state index in [4.69, 9.17) is 5.73 Å². The van der Waals surface area contributed by atoms with Crippen LogP contribution >= 0.6 is 0 Å². The molecule has 98 valence electrons. The molecule has 0 saturated carbocycles. The van der Waals surface area contributed by atoms with E-state index in [1.54, 1.807) is 4.52 Å². The van der Waals surface area contributed by atoms with Crippen molar-refractivity contribution >= 4 is 11.5 Å². The maximum absolute atomic E-state index is 5.73. The van der Waals surface area contributed by atoms with Crippen LogP contribution in [0.1, 0.15) is 57.7 Å². The Morgan fingerprint density at radius 2 is 2.11 bits per heavy atom. The molecule has 0 bridgehead atoms. The van der Waals surface area contributed by atoms with Crippen LogP contribution in [0.4, 0.5) is 5.82 Å². The van der Waals surface area contributed by atoms with Crippen LogP contribution in [0.2, 0.25) is 0 Å². The summed E-state index contributed by atoms with van der Waals surface area (Å²) in [4.78, 5) is 3.91. The summed E-state index contributed by atoms with van der Waals surface area (Å²) < 4.78 is 1.70. The van der Waals surface area contributed by atoms with E-state index < -0.39 is 0 Å². The number of nitrogens with two attached hydrogens (primary N) is 1. The molecule has 0 aliphatic rings. The van der Waals surface area contributed by atoms with E-state index >= 15 is 0 Å². The Bertz CT molecular complexity index is 506. The van der Waals surface area contributed by atoms with Crippen LogP contribution in [0.15, 0.2) is 6.33 Å². The lowest BCUT2D eigenvalue weighted by atomic mass is 10.0. The molecule has 6 nitrogen and oxygen atoms in total. The van der Waals surface area contributed by atoms with Gasteiger partial charge in [-0.15, -0.1) is 10.2 Å². The number of hydrogen-bond acceptors (Lipinski definition) is 5. The number of anilines is 1. The van der Waals surface area contributed by atoms with Gasteiger partial charge in [-0.3, -0.25) is 0 Å². The van der Waals surface area contributed by atoms with Gasteiger partial charge in [0.05, 0.1) is 0 Å². The Hall–Kier alpha value is -1.72. The number of hydrogen-bond donors (Lipinski definition) is 1. The van der Waals surface area contributed by atoms with Gasteiger partial charge in [0.1, 0.15) is 6.33 Å². The largest absolute Gasteiger partial charge is 0.380 e. The van der Waals surface area contributed by atoms with Crippen molar-refractivity contribution in [3.05, 3.63) is 12.2 Å². The van der Waals surface area contributed by atoms with Crippen LogP contribution in [0.5, 0.6) is 0 Å². The number of nitrogens with zero attached hydrogens (tertiary/aromatic N) is 5. The molecule has 0 saturated heterocycles. The SMILES string of the molecule is CCCCCCC(C)c1nnc2c(N)ncnn12. The third-order valence-corrected chi connectivity index (χ3v) is 3.19. The topological polar surface area (TPSA) is 82.0 Å². The van der Waals surface area contributed by atoms with E-state index in [-0.39, 0.29) is 0 Å². The molecule has 2 N–H and O–H groups in total. The van der Waals surface area contributed by atoms with E-state index in [9.17, 15) is 0 Å². The smallest absolute Gasteiger partial charge is 0.220 e. The highest BCUT2D eigenvalue weighted by molar-refractivity contribution is 5.57. The lowest BCUT2D eigenvalue weighted by molar-refractivity contribution is 0.551. The summed E-state index contributed by atoms with van der Waals surface area (Å²) in [5, 5.41) is 12.4. The number of unbranched alkanes of at least 4 members (excludes halogenated alkanes) is 3. The number of fused-ring (bicyclic) bond motifs is 1. The third kappa shape index (κ3) is 2.57. The first kappa shape index (κ1) is 12.7. The molecule has 18 heavy (non-hydrogen) atoms. The Kier molecular flexibility index (Phi) is 4.07. The van der Waals surface area contributed by atoms with E-state index in [0.29, 0.717) is 17.4 Å². The van der Waals surface area contributed by atoms with E-state index in [2.05, 4.69) is 34.1 Å². The van der Waals surface area contributed by atoms with Gasteiger partial charge in [0.25, 0.3) is 0 Å². The standard InChI is InChI=1S/C12H20N6/c1-3-4-5-6-7-9(2)11-16-17-12-10(13)14-8-15-18(11)12/h8-9H,3-7H2,1-2H3,(H2,13,14,15). The highest BCUT2D eigenvalue weighted by Crippen LogP contribution is 2.21. The summed E-state index contributed by atoms with van der Waals surface area (Å²) in [6.45, 7) is 4.37. The van der Waals surface area contributed by atoms with Crippen LogP contribution in [0, 0.1) is 0 Å². The van der Waals surface area contributed by atoms with Crippen LogP contribution in [-0.2, 0) is 0 Å². The van der Waals surface area contributed by atoms with Gasteiger partial charge in [-0.25, -0.2) is 4.98 Å². The van der Waals surface area contributed by atoms with Gasteiger partial charge in [0.2, 0.25) is 5.65 Å². The zero-order valence-electron chi connectivity index (χ0n) is 11.0. The molecule has 0 aliphatic carbocycles. The van der Waals surface area contributed by atoms with Crippen molar-refractivity contribution in [2.75, 3.05) is 5.73 Å². The van der Waals surface area contributed by atoms with Gasteiger partial charge in [-0.1, -0.05) is 39.5 Å². The van der Waals surface area contributed by atoms with Crippen LogP contribution < -0.4 is 5.73 Å². The summed E-state index contributed by atoms with van der Waals surface area (Å²) in [6, 6.07) is 0. The Morgan fingerprint density at radius 3 is 2.89 bits per heavy atom. The summed E-state index contributed by atoms with van der Waals surface area (Å²) in [5.41, 5.74) is 6.28. The van der Waals surface area contributed by atoms with Gasteiger partial charge in [0, 0.05) is 5.92 Å². The van der Waals surface area contributed by atoms with Crippen molar-refractivity contribution in [1.29, 1.82) is 0 Å². The molecule has 0 radical (unpaired) electrons. The molecule has 1 atom stereocenters. The Morgan fingerprint density at radius 1 is 1.28 bits per heavy atom. The van der Waals surface area contributed by atoms with Gasteiger partial charge in [0.15, 0.2) is 11.6 Å². The first-order valence-corrected chi connectivity index (χ1v) is 6.55. The molecule has 0 aliphatic heterocycles. The zero-order chi connectivity index (χ0) is 13.0. The van der Waals surface area contributed by atoms with Crippen LogP contribution in [0.25, 0.3) is 5.65 Å². The zero-order valence-corrected chi connectivity index (χ0v) is 11.0. The van der Waals surface area contributed by atoms with Crippen LogP contribution in [-0.4, -0.2) is 24.8 Å². The lowest BCUT2D eigenvalue weighted by Crippen LogP contribution is -2.05. The Balaban J connectivity index is 2.08. The van der Waals surface area contributed by atoms with Crippen molar-refractivity contribution in [3.63, 3.8) is 0 Å². The van der Waals surface area contributed by atoms with E-state index in [0.717, 1.165) is 12.2 Å². The fraction of sp³-hybridized carbons (Fsp3) is 0.667. The molecule has 6 heteroatoms. The highest BCUT2D eigenvalue weighted by atomic mass is 15.4. The monoisotopic (exact) mass is 248 g/mol. The molecule has 2 aromatic rings. The minimum absolute atomic E-state index is 0.339. The lowest BCUT2D eigenvalue weighted by Gasteiger charge is -2.08. The predicted molar refractivity (Wildman–Crippen MR) is 70.2 cm³/mol. The summed E-state index contributed by atoms with van der Waals surface area (Å²) in [6.07, 6.45) is 7.58. The van der Waals surface area contributed by atoms with Gasteiger partial charge < -0.3 is 5.73 Å². The molecule has 2 rings (SSSR count). The molecule has 0 spiro atoms.